The molecule has 0 radical (unpaired) electrons. The molecule has 1 aromatic carbocycles. The minimum atomic E-state index is -0.791. The smallest absolute Gasteiger partial charge is 0.311 e. The van der Waals surface area contributed by atoms with Crippen LogP contribution in [-0.2, 0) is 9.53 Å². The Morgan fingerprint density at radius 1 is 1.50 bits per heavy atom. The summed E-state index contributed by atoms with van der Waals surface area (Å²) in [7, 11) is 0. The average molecular weight is 268 g/mol. The SMILES string of the molecule is O=C(O)C1c2ccc(Cl)cc2NC2CCOCC21. The number of halogens is 1. The van der Waals surface area contributed by atoms with Gasteiger partial charge in [0.25, 0.3) is 0 Å². The quantitative estimate of drug-likeness (QED) is 0.820. The monoisotopic (exact) mass is 267 g/mol. The van der Waals surface area contributed by atoms with Crippen LogP contribution < -0.4 is 5.32 Å². The number of rotatable bonds is 1. The summed E-state index contributed by atoms with van der Waals surface area (Å²) < 4.78 is 5.43. The van der Waals surface area contributed by atoms with E-state index in [-0.39, 0.29) is 12.0 Å². The van der Waals surface area contributed by atoms with Crippen molar-refractivity contribution in [1.29, 1.82) is 0 Å². The third kappa shape index (κ3) is 1.85. The zero-order chi connectivity index (χ0) is 12.7. The maximum Gasteiger partial charge on any atom is 0.311 e. The van der Waals surface area contributed by atoms with Gasteiger partial charge in [0.1, 0.15) is 0 Å². The van der Waals surface area contributed by atoms with Crippen LogP contribution in [0.2, 0.25) is 5.02 Å². The van der Waals surface area contributed by atoms with E-state index in [9.17, 15) is 9.90 Å². The number of carbonyl (C=O) groups is 1. The molecule has 2 aliphatic rings. The third-order valence-corrected chi connectivity index (χ3v) is 4.02. The Morgan fingerprint density at radius 2 is 2.33 bits per heavy atom. The van der Waals surface area contributed by atoms with Crippen molar-refractivity contribution in [3.63, 3.8) is 0 Å². The molecule has 2 heterocycles. The molecule has 5 heteroatoms. The predicted molar refractivity (Wildman–Crippen MR) is 68.2 cm³/mol. The Bertz CT molecular complexity index is 491. The molecule has 1 saturated heterocycles. The number of carboxylic acid groups (broad SMARTS) is 1. The van der Waals surface area contributed by atoms with Gasteiger partial charge in [0.05, 0.1) is 12.5 Å². The molecule has 2 N–H and O–H groups in total. The van der Waals surface area contributed by atoms with E-state index in [0.29, 0.717) is 18.2 Å². The molecule has 0 saturated carbocycles. The normalized spacial score (nSPS) is 29.9. The van der Waals surface area contributed by atoms with Crippen LogP contribution >= 0.6 is 11.6 Å². The van der Waals surface area contributed by atoms with Crippen molar-refractivity contribution in [3.05, 3.63) is 28.8 Å². The molecule has 96 valence electrons. The van der Waals surface area contributed by atoms with E-state index in [1.54, 1.807) is 18.2 Å². The van der Waals surface area contributed by atoms with Crippen LogP contribution in [0.1, 0.15) is 17.9 Å². The van der Waals surface area contributed by atoms with Gasteiger partial charge in [-0.1, -0.05) is 17.7 Å². The van der Waals surface area contributed by atoms with E-state index in [4.69, 9.17) is 16.3 Å². The van der Waals surface area contributed by atoms with Crippen molar-refractivity contribution >= 4 is 23.3 Å². The van der Waals surface area contributed by atoms with Crippen LogP contribution in [0.25, 0.3) is 0 Å². The summed E-state index contributed by atoms with van der Waals surface area (Å²) in [5.74, 6) is -1.31. The summed E-state index contributed by atoms with van der Waals surface area (Å²) >= 11 is 5.97. The van der Waals surface area contributed by atoms with Gasteiger partial charge >= 0.3 is 5.97 Å². The number of hydrogen-bond donors (Lipinski definition) is 2. The number of anilines is 1. The molecule has 1 aromatic rings. The number of aliphatic carboxylic acids is 1. The first-order chi connectivity index (χ1) is 8.66. The fraction of sp³-hybridized carbons (Fsp3) is 0.462. The molecule has 3 atom stereocenters. The molecular formula is C13H14ClNO3. The molecule has 0 spiro atoms. The van der Waals surface area contributed by atoms with Gasteiger partial charge in [-0.05, 0) is 24.1 Å². The fourth-order valence-corrected chi connectivity index (χ4v) is 3.11. The maximum atomic E-state index is 11.5. The second-order valence-corrected chi connectivity index (χ2v) is 5.26. The van der Waals surface area contributed by atoms with Gasteiger partial charge in [0.15, 0.2) is 0 Å². The summed E-state index contributed by atoms with van der Waals surface area (Å²) in [6.45, 7) is 1.17. The summed E-state index contributed by atoms with van der Waals surface area (Å²) in [6, 6.07) is 5.50. The van der Waals surface area contributed by atoms with E-state index in [1.807, 2.05) is 0 Å². The van der Waals surface area contributed by atoms with E-state index in [2.05, 4.69) is 5.32 Å². The van der Waals surface area contributed by atoms with Gasteiger partial charge in [-0.15, -0.1) is 0 Å². The van der Waals surface area contributed by atoms with Crippen molar-refractivity contribution in [2.24, 2.45) is 5.92 Å². The van der Waals surface area contributed by atoms with E-state index in [0.717, 1.165) is 17.7 Å². The minimum absolute atomic E-state index is 0.00933. The number of hydrogen-bond acceptors (Lipinski definition) is 3. The Kier molecular flexibility index (Phi) is 2.92. The first-order valence-electron chi connectivity index (χ1n) is 6.03. The maximum absolute atomic E-state index is 11.5. The highest BCUT2D eigenvalue weighted by Crippen LogP contribution is 2.42. The van der Waals surface area contributed by atoms with E-state index in [1.165, 1.54) is 0 Å². The summed E-state index contributed by atoms with van der Waals surface area (Å²) in [5, 5.41) is 13.5. The van der Waals surface area contributed by atoms with Crippen molar-refractivity contribution in [1.82, 2.24) is 0 Å². The standard InChI is InChI=1S/C13H14ClNO3/c14-7-1-2-8-11(5-7)15-10-3-4-18-6-9(10)12(8)13(16)17/h1-2,5,9-10,12,15H,3-4,6H2,(H,16,17). The molecule has 18 heavy (non-hydrogen) atoms. The van der Waals surface area contributed by atoms with Crippen LogP contribution in [0.15, 0.2) is 18.2 Å². The molecule has 2 aliphatic heterocycles. The molecule has 3 rings (SSSR count). The second-order valence-electron chi connectivity index (χ2n) is 4.83. The molecular weight excluding hydrogens is 254 g/mol. The third-order valence-electron chi connectivity index (χ3n) is 3.79. The Labute approximate surface area is 110 Å². The van der Waals surface area contributed by atoms with E-state index >= 15 is 0 Å². The first-order valence-corrected chi connectivity index (χ1v) is 6.41. The largest absolute Gasteiger partial charge is 0.481 e. The molecule has 0 aliphatic carbocycles. The summed E-state index contributed by atoms with van der Waals surface area (Å²) in [5.41, 5.74) is 1.65. The van der Waals surface area contributed by atoms with Crippen molar-refractivity contribution in [2.45, 2.75) is 18.4 Å². The van der Waals surface area contributed by atoms with Crippen LogP contribution in [-0.4, -0.2) is 30.3 Å². The fourth-order valence-electron chi connectivity index (χ4n) is 2.94. The van der Waals surface area contributed by atoms with E-state index < -0.39 is 11.9 Å². The molecule has 1 fully saturated rings. The van der Waals surface area contributed by atoms with Gasteiger partial charge < -0.3 is 15.2 Å². The highest BCUT2D eigenvalue weighted by Gasteiger charge is 2.42. The predicted octanol–water partition coefficient (Wildman–Crippen LogP) is 2.34. The number of fused-ring (bicyclic) bond motifs is 2. The molecule has 0 aromatic heterocycles. The van der Waals surface area contributed by atoms with Crippen molar-refractivity contribution in [3.8, 4) is 0 Å². The lowest BCUT2D eigenvalue weighted by Gasteiger charge is -2.41. The number of ether oxygens (including phenoxy) is 1. The lowest BCUT2D eigenvalue weighted by Crippen LogP contribution is -2.46. The van der Waals surface area contributed by atoms with Crippen molar-refractivity contribution < 1.29 is 14.6 Å². The van der Waals surface area contributed by atoms with Gasteiger partial charge in [0, 0.05) is 29.3 Å². The molecule has 0 bridgehead atoms. The molecule has 4 nitrogen and oxygen atoms in total. The number of nitrogens with one attached hydrogen (secondary N) is 1. The van der Waals surface area contributed by atoms with Gasteiger partial charge in [-0.3, -0.25) is 4.79 Å². The summed E-state index contributed by atoms with van der Waals surface area (Å²) in [6.07, 6.45) is 0.834. The number of benzene rings is 1. The highest BCUT2D eigenvalue weighted by atomic mass is 35.5. The lowest BCUT2D eigenvalue weighted by atomic mass is 9.76. The first kappa shape index (κ1) is 11.8. The van der Waals surface area contributed by atoms with Crippen molar-refractivity contribution in [2.75, 3.05) is 18.5 Å². The summed E-state index contributed by atoms with van der Waals surface area (Å²) in [4.78, 5) is 11.5. The Morgan fingerprint density at radius 3 is 3.11 bits per heavy atom. The van der Waals surface area contributed by atoms with Gasteiger partial charge in [0.2, 0.25) is 0 Å². The molecule has 3 unspecified atom stereocenters. The van der Waals surface area contributed by atoms with Crippen LogP contribution in [0, 0.1) is 5.92 Å². The van der Waals surface area contributed by atoms with Crippen LogP contribution in [0.3, 0.4) is 0 Å². The number of carboxylic acids is 1. The Balaban J connectivity index is 2.06. The van der Waals surface area contributed by atoms with Gasteiger partial charge in [-0.25, -0.2) is 0 Å². The molecule has 0 amide bonds. The van der Waals surface area contributed by atoms with Gasteiger partial charge in [-0.2, -0.15) is 0 Å². The van der Waals surface area contributed by atoms with Crippen LogP contribution in [0.5, 0.6) is 0 Å². The topological polar surface area (TPSA) is 58.6 Å². The second kappa shape index (κ2) is 4.44. The Hall–Kier alpha value is -1.26. The lowest BCUT2D eigenvalue weighted by molar-refractivity contribution is -0.142. The average Bonchev–Trinajstić information content (AvgIpc) is 2.35. The van der Waals surface area contributed by atoms with Crippen LogP contribution in [0.4, 0.5) is 5.69 Å². The zero-order valence-electron chi connectivity index (χ0n) is 9.73. The minimum Gasteiger partial charge on any atom is -0.481 e. The highest BCUT2D eigenvalue weighted by molar-refractivity contribution is 6.30. The zero-order valence-corrected chi connectivity index (χ0v) is 10.5.